The molecule has 0 unspecified atom stereocenters. The lowest BCUT2D eigenvalue weighted by atomic mass is 10.1. The van der Waals surface area contributed by atoms with Crippen molar-refractivity contribution < 1.29 is 14.3 Å². The normalized spacial score (nSPS) is 11.8. The van der Waals surface area contributed by atoms with Gasteiger partial charge in [0.15, 0.2) is 4.34 Å². The van der Waals surface area contributed by atoms with E-state index in [0.717, 1.165) is 19.3 Å². The molecule has 1 N–H and O–H groups in total. The molecule has 0 bridgehead atoms. The first-order valence-corrected chi connectivity index (χ1v) is 10.8. The largest absolute Gasteiger partial charge is 0.465 e. The summed E-state index contributed by atoms with van der Waals surface area (Å²) < 4.78 is 5.68. The first-order chi connectivity index (χ1) is 13.1. The fourth-order valence-corrected chi connectivity index (χ4v) is 4.25. The molecule has 1 amide bonds. The Bertz CT molecular complexity index is 747. The lowest BCUT2D eigenvalue weighted by molar-refractivity contribution is -0.142. The highest BCUT2D eigenvalue weighted by molar-refractivity contribution is 8.02. The number of thioether (sulfide) groups is 1. The number of aryl methyl sites for hydroxylation is 1. The maximum atomic E-state index is 12.4. The Morgan fingerprint density at radius 2 is 1.93 bits per heavy atom. The Morgan fingerprint density at radius 3 is 2.56 bits per heavy atom. The second kappa shape index (κ2) is 11.0. The Labute approximate surface area is 168 Å². The minimum atomic E-state index is -0.322. The van der Waals surface area contributed by atoms with Gasteiger partial charge < -0.3 is 4.74 Å². The van der Waals surface area contributed by atoms with Gasteiger partial charge in [0.25, 0.3) is 5.91 Å². The molecule has 8 heteroatoms. The third-order valence-electron chi connectivity index (χ3n) is 3.83. The van der Waals surface area contributed by atoms with Crippen molar-refractivity contribution in [2.24, 2.45) is 0 Å². The van der Waals surface area contributed by atoms with Crippen LogP contribution < -0.4 is 5.32 Å². The van der Waals surface area contributed by atoms with Gasteiger partial charge in [-0.3, -0.25) is 14.9 Å². The van der Waals surface area contributed by atoms with E-state index in [0.29, 0.717) is 28.1 Å². The van der Waals surface area contributed by atoms with Gasteiger partial charge in [-0.2, -0.15) is 0 Å². The topological polar surface area (TPSA) is 81.2 Å². The van der Waals surface area contributed by atoms with Crippen molar-refractivity contribution >= 4 is 40.1 Å². The van der Waals surface area contributed by atoms with Crippen LogP contribution in [0.4, 0.5) is 5.13 Å². The van der Waals surface area contributed by atoms with Gasteiger partial charge in [-0.25, -0.2) is 0 Å². The van der Waals surface area contributed by atoms with Gasteiger partial charge in [0.2, 0.25) is 5.13 Å². The molecule has 0 fully saturated rings. The van der Waals surface area contributed by atoms with Crippen molar-refractivity contribution in [3.8, 4) is 0 Å². The maximum Gasteiger partial charge on any atom is 0.319 e. The highest BCUT2D eigenvalue weighted by Gasteiger charge is 2.21. The number of hydrogen-bond acceptors (Lipinski definition) is 7. The zero-order valence-corrected chi connectivity index (χ0v) is 17.5. The molecule has 0 radical (unpaired) electrons. The van der Waals surface area contributed by atoms with Gasteiger partial charge in [-0.05, 0) is 43.9 Å². The van der Waals surface area contributed by atoms with Gasteiger partial charge >= 0.3 is 5.97 Å². The zero-order chi connectivity index (χ0) is 19.6. The quantitative estimate of drug-likeness (QED) is 0.353. The van der Waals surface area contributed by atoms with Crippen LogP contribution in [0.5, 0.6) is 0 Å². The van der Waals surface area contributed by atoms with E-state index in [9.17, 15) is 9.59 Å². The molecule has 146 valence electrons. The average molecular weight is 408 g/mol. The van der Waals surface area contributed by atoms with Crippen LogP contribution in [0.3, 0.4) is 0 Å². The van der Waals surface area contributed by atoms with Gasteiger partial charge in [0, 0.05) is 5.56 Å². The Morgan fingerprint density at radius 1 is 1.19 bits per heavy atom. The monoisotopic (exact) mass is 407 g/mol. The molecule has 6 nitrogen and oxygen atoms in total. The van der Waals surface area contributed by atoms with E-state index >= 15 is 0 Å². The Kier molecular flexibility index (Phi) is 8.74. The van der Waals surface area contributed by atoms with Crippen LogP contribution in [0.25, 0.3) is 0 Å². The first-order valence-electron chi connectivity index (χ1n) is 9.14. The minimum Gasteiger partial charge on any atom is -0.465 e. The van der Waals surface area contributed by atoms with Gasteiger partial charge in [-0.1, -0.05) is 55.5 Å². The third kappa shape index (κ3) is 6.62. The first kappa shape index (κ1) is 21.4. The van der Waals surface area contributed by atoms with Crippen LogP contribution in [0.2, 0.25) is 0 Å². The summed E-state index contributed by atoms with van der Waals surface area (Å²) in [6.45, 7) is 6.21. The molecule has 1 heterocycles. The molecule has 2 aromatic rings. The van der Waals surface area contributed by atoms with E-state index < -0.39 is 0 Å². The number of anilines is 1. The summed E-state index contributed by atoms with van der Waals surface area (Å²) in [6, 6.07) is 7.62. The summed E-state index contributed by atoms with van der Waals surface area (Å²) in [7, 11) is 0. The van der Waals surface area contributed by atoms with Crippen molar-refractivity contribution in [3.05, 3.63) is 35.4 Å². The highest BCUT2D eigenvalue weighted by atomic mass is 32.2. The summed E-state index contributed by atoms with van der Waals surface area (Å²) in [5.41, 5.74) is 1.81. The van der Waals surface area contributed by atoms with Crippen LogP contribution in [0.1, 0.15) is 56.0 Å². The summed E-state index contributed by atoms with van der Waals surface area (Å²) in [6.07, 6.45) is 3.94. The molecule has 0 aliphatic rings. The highest BCUT2D eigenvalue weighted by Crippen LogP contribution is 2.31. The lowest BCUT2D eigenvalue weighted by Crippen LogP contribution is -2.19. The standard InChI is InChI=1S/C19H25N3O3S2/c1-4-7-8-13-9-11-14(12-10-13)16(23)20-18-21-22-19(27-18)26-15(5-2)17(24)25-6-3/h9-12,15H,4-8H2,1-3H3,(H,20,21,23)/t15-/m1/s1. The van der Waals surface area contributed by atoms with E-state index in [2.05, 4.69) is 22.4 Å². The van der Waals surface area contributed by atoms with Crippen molar-refractivity contribution in [3.63, 3.8) is 0 Å². The molecule has 1 aromatic carbocycles. The molecule has 0 saturated carbocycles. The zero-order valence-electron chi connectivity index (χ0n) is 15.9. The SMILES string of the molecule is CCCCc1ccc(C(=O)Nc2nnc(S[C@H](CC)C(=O)OCC)s2)cc1. The van der Waals surface area contributed by atoms with E-state index in [1.165, 1.54) is 28.7 Å². The number of esters is 1. The summed E-state index contributed by atoms with van der Waals surface area (Å²) in [5, 5.41) is 10.9. The predicted molar refractivity (Wildman–Crippen MR) is 109 cm³/mol. The molecule has 0 saturated heterocycles. The number of nitrogens with one attached hydrogen (secondary N) is 1. The molecule has 0 aliphatic heterocycles. The number of benzene rings is 1. The second-order valence-corrected chi connectivity index (χ2v) is 8.32. The van der Waals surface area contributed by atoms with E-state index in [-0.39, 0.29) is 17.1 Å². The number of aromatic nitrogens is 2. The van der Waals surface area contributed by atoms with Crippen LogP contribution in [-0.2, 0) is 16.0 Å². The number of hydrogen-bond donors (Lipinski definition) is 1. The molecular weight excluding hydrogens is 382 g/mol. The summed E-state index contributed by atoms with van der Waals surface area (Å²) >= 11 is 2.56. The van der Waals surface area contributed by atoms with Crippen LogP contribution in [0, 0.1) is 0 Å². The van der Waals surface area contributed by atoms with Crippen LogP contribution in [0.15, 0.2) is 28.6 Å². The predicted octanol–water partition coefficient (Wildman–Crippen LogP) is 4.57. The number of amides is 1. The molecule has 1 aromatic heterocycles. The number of unbranched alkanes of at least 4 members (excludes halogenated alkanes) is 1. The second-order valence-electron chi connectivity index (χ2n) is 5.89. The van der Waals surface area contributed by atoms with E-state index in [1.54, 1.807) is 6.92 Å². The van der Waals surface area contributed by atoms with Crippen LogP contribution >= 0.6 is 23.1 Å². The summed E-state index contributed by atoms with van der Waals surface area (Å²) in [4.78, 5) is 24.3. The average Bonchev–Trinajstić information content (AvgIpc) is 3.11. The maximum absolute atomic E-state index is 12.4. The molecular formula is C19H25N3O3S2. The smallest absolute Gasteiger partial charge is 0.319 e. The van der Waals surface area contributed by atoms with E-state index in [4.69, 9.17) is 4.74 Å². The Balaban J connectivity index is 1.94. The number of carbonyl (C=O) groups is 2. The van der Waals surface area contributed by atoms with Crippen molar-refractivity contribution in [1.82, 2.24) is 10.2 Å². The fraction of sp³-hybridized carbons (Fsp3) is 0.474. The summed E-state index contributed by atoms with van der Waals surface area (Å²) in [5.74, 6) is -0.476. The van der Waals surface area contributed by atoms with Crippen LogP contribution in [-0.4, -0.2) is 33.9 Å². The number of ether oxygens (including phenoxy) is 1. The molecule has 0 aliphatic carbocycles. The molecule has 1 atom stereocenters. The van der Waals surface area contributed by atoms with Gasteiger partial charge in [-0.15, -0.1) is 10.2 Å². The lowest BCUT2D eigenvalue weighted by Gasteiger charge is -2.10. The van der Waals surface area contributed by atoms with Gasteiger partial charge in [0.1, 0.15) is 5.25 Å². The van der Waals surface area contributed by atoms with Crippen molar-refractivity contribution in [1.29, 1.82) is 0 Å². The van der Waals surface area contributed by atoms with E-state index in [1.807, 2.05) is 31.2 Å². The number of nitrogens with zero attached hydrogens (tertiary/aromatic N) is 2. The number of carbonyl (C=O) groups excluding carboxylic acids is 2. The van der Waals surface area contributed by atoms with Crippen molar-refractivity contribution in [2.45, 2.75) is 56.0 Å². The fourth-order valence-electron chi connectivity index (χ4n) is 2.34. The minimum absolute atomic E-state index is 0.220. The molecule has 27 heavy (non-hydrogen) atoms. The Hall–Kier alpha value is -1.93. The molecule has 0 spiro atoms. The number of rotatable bonds is 10. The van der Waals surface area contributed by atoms with Crippen molar-refractivity contribution in [2.75, 3.05) is 11.9 Å². The molecule has 2 rings (SSSR count). The van der Waals surface area contributed by atoms with Gasteiger partial charge in [0.05, 0.1) is 6.61 Å². The third-order valence-corrected chi connectivity index (χ3v) is 6.09.